The minimum Gasteiger partial charge on any atom is -0.340 e. The smallest absolute Gasteiger partial charge is 0.246 e. The Balaban J connectivity index is 1.19. The number of carbonyl (C=O) groups excluding carboxylic acids is 1. The summed E-state index contributed by atoms with van der Waals surface area (Å²) in [6, 6.07) is 16.6. The maximum atomic E-state index is 13.0. The molecule has 0 atom stereocenters. The Morgan fingerprint density at radius 2 is 1.98 bits per heavy atom. The molecule has 0 fully saturated rings. The highest BCUT2D eigenvalue weighted by molar-refractivity contribution is 7.19. The first-order valence-corrected chi connectivity index (χ1v) is 14.8. The van der Waals surface area contributed by atoms with Crippen molar-refractivity contribution < 1.29 is 4.79 Å². The van der Waals surface area contributed by atoms with Crippen LogP contribution >= 0.6 is 11.3 Å². The second-order valence-corrected chi connectivity index (χ2v) is 12.6. The molecule has 6 rings (SSSR count). The van der Waals surface area contributed by atoms with E-state index in [1.807, 2.05) is 27.9 Å². The minimum atomic E-state index is 0.0564. The highest BCUT2D eigenvalue weighted by atomic mass is 32.1. The average Bonchev–Trinajstić information content (AvgIpc) is 3.53. The fourth-order valence-corrected chi connectivity index (χ4v) is 6.29. The van der Waals surface area contributed by atoms with Crippen molar-refractivity contribution in [2.45, 2.75) is 45.8 Å². The molecule has 210 valence electrons. The van der Waals surface area contributed by atoms with Crippen molar-refractivity contribution in [2.75, 3.05) is 25.5 Å². The summed E-state index contributed by atoms with van der Waals surface area (Å²) in [5.41, 5.74) is 4.56. The van der Waals surface area contributed by atoms with Gasteiger partial charge in [-0.1, -0.05) is 36.4 Å². The van der Waals surface area contributed by atoms with Gasteiger partial charge in [0.05, 0.1) is 30.2 Å². The highest BCUT2D eigenvalue weighted by Crippen LogP contribution is 2.38. The molecule has 8 nitrogen and oxygen atoms in total. The number of nitrogens with zero attached hydrogens (tertiary/aromatic N) is 6. The zero-order valence-corrected chi connectivity index (χ0v) is 24.8. The van der Waals surface area contributed by atoms with Gasteiger partial charge in [0.25, 0.3) is 0 Å². The van der Waals surface area contributed by atoms with E-state index >= 15 is 0 Å². The molecule has 0 saturated carbocycles. The molecular weight excluding hydrogens is 530 g/mol. The molecule has 9 heteroatoms. The van der Waals surface area contributed by atoms with Crippen LogP contribution in [0.5, 0.6) is 0 Å². The Morgan fingerprint density at radius 1 is 1.15 bits per heavy atom. The van der Waals surface area contributed by atoms with Crippen LogP contribution < -0.4 is 5.32 Å². The number of benzene rings is 2. The summed E-state index contributed by atoms with van der Waals surface area (Å²) < 4.78 is 2.03. The predicted molar refractivity (Wildman–Crippen MR) is 167 cm³/mol. The van der Waals surface area contributed by atoms with Gasteiger partial charge in [-0.25, -0.2) is 9.97 Å². The first-order chi connectivity index (χ1) is 19.8. The standard InChI is InChI=1S/C32H35N7OS/c1-32(2,3)37(4)15-8-11-28(40)38-16-14-25-27(20-38)41-31-29(25)30(33-21-34-31)36-24-12-13-26-23(17-24)18-35-39(26)19-22-9-6-5-7-10-22/h5-13,17-18,21H,14-16,19-20H2,1-4H3,(H,33,34,36). The number of anilines is 2. The Morgan fingerprint density at radius 3 is 2.78 bits per heavy atom. The number of nitrogens with one attached hydrogen (secondary N) is 1. The third-order valence-corrected chi connectivity index (χ3v) is 8.94. The molecule has 3 aromatic heterocycles. The summed E-state index contributed by atoms with van der Waals surface area (Å²) in [5, 5.41) is 10.3. The van der Waals surface area contributed by atoms with E-state index in [-0.39, 0.29) is 11.4 Å². The van der Waals surface area contributed by atoms with Crippen molar-refractivity contribution in [3.63, 3.8) is 0 Å². The molecule has 0 unspecified atom stereocenters. The summed E-state index contributed by atoms with van der Waals surface area (Å²) in [6.45, 7) is 9.25. The third-order valence-electron chi connectivity index (χ3n) is 7.81. The van der Waals surface area contributed by atoms with Crippen LogP contribution in [0.4, 0.5) is 11.5 Å². The monoisotopic (exact) mass is 565 g/mol. The number of likely N-dealkylation sites (N-methyl/N-ethyl adjacent to an activating group) is 1. The molecule has 1 N–H and O–H groups in total. The number of hydrogen-bond donors (Lipinski definition) is 1. The average molecular weight is 566 g/mol. The minimum absolute atomic E-state index is 0.0564. The predicted octanol–water partition coefficient (Wildman–Crippen LogP) is 6.00. The van der Waals surface area contributed by atoms with Gasteiger partial charge in [0.15, 0.2) is 0 Å². The number of hydrogen-bond acceptors (Lipinski definition) is 7. The number of rotatable bonds is 7. The molecule has 4 heterocycles. The molecule has 0 bridgehead atoms. The van der Waals surface area contributed by atoms with E-state index in [1.165, 1.54) is 16.0 Å². The van der Waals surface area contributed by atoms with Gasteiger partial charge < -0.3 is 10.2 Å². The molecule has 0 aliphatic carbocycles. The van der Waals surface area contributed by atoms with Crippen LogP contribution in [0.15, 0.2) is 73.2 Å². The highest BCUT2D eigenvalue weighted by Gasteiger charge is 2.26. The van der Waals surface area contributed by atoms with E-state index in [9.17, 15) is 4.79 Å². The summed E-state index contributed by atoms with van der Waals surface area (Å²) in [7, 11) is 2.07. The zero-order chi connectivity index (χ0) is 28.6. The Hall–Kier alpha value is -4.08. The Kier molecular flexibility index (Phi) is 7.32. The molecular formula is C32H35N7OS. The summed E-state index contributed by atoms with van der Waals surface area (Å²) in [6.07, 6.45) is 7.98. The lowest BCUT2D eigenvalue weighted by molar-refractivity contribution is -0.126. The van der Waals surface area contributed by atoms with Gasteiger partial charge in [0, 0.05) is 40.7 Å². The van der Waals surface area contributed by atoms with Crippen molar-refractivity contribution >= 4 is 49.9 Å². The molecule has 0 saturated heterocycles. The first-order valence-electron chi connectivity index (χ1n) is 13.9. The van der Waals surface area contributed by atoms with E-state index in [0.717, 1.165) is 52.1 Å². The number of fused-ring (bicyclic) bond motifs is 4. The van der Waals surface area contributed by atoms with Gasteiger partial charge in [-0.15, -0.1) is 11.3 Å². The van der Waals surface area contributed by atoms with Crippen LogP contribution in [0.25, 0.3) is 21.1 Å². The van der Waals surface area contributed by atoms with E-state index in [1.54, 1.807) is 23.7 Å². The lowest BCUT2D eigenvalue weighted by atomic mass is 10.0. The van der Waals surface area contributed by atoms with E-state index in [4.69, 9.17) is 0 Å². The van der Waals surface area contributed by atoms with E-state index in [2.05, 4.69) is 95.6 Å². The van der Waals surface area contributed by atoms with Crippen molar-refractivity contribution in [1.82, 2.24) is 29.5 Å². The Labute approximate surface area is 244 Å². The first kappa shape index (κ1) is 27.1. The van der Waals surface area contributed by atoms with Gasteiger partial charge >= 0.3 is 0 Å². The maximum absolute atomic E-state index is 13.0. The maximum Gasteiger partial charge on any atom is 0.246 e. The second kappa shape index (κ2) is 11.1. The van der Waals surface area contributed by atoms with Gasteiger partial charge in [0.2, 0.25) is 5.91 Å². The molecule has 2 aromatic carbocycles. The summed E-state index contributed by atoms with van der Waals surface area (Å²) >= 11 is 1.65. The molecule has 41 heavy (non-hydrogen) atoms. The molecule has 0 radical (unpaired) electrons. The topological polar surface area (TPSA) is 79.2 Å². The lowest BCUT2D eigenvalue weighted by Crippen LogP contribution is -2.38. The fraction of sp³-hybridized carbons (Fsp3) is 0.312. The van der Waals surface area contributed by atoms with Gasteiger partial charge in [-0.3, -0.25) is 14.4 Å². The molecule has 0 spiro atoms. The molecule has 1 aliphatic heterocycles. The number of thiophene rings is 1. The third kappa shape index (κ3) is 5.73. The van der Waals surface area contributed by atoms with Crippen molar-refractivity contribution in [1.29, 1.82) is 0 Å². The molecule has 1 aliphatic rings. The SMILES string of the molecule is CN(CC=CC(=O)N1CCc2c(sc3ncnc(Nc4ccc5c(cnn5Cc5ccccc5)c4)c23)C1)C(C)(C)C. The second-order valence-electron chi connectivity index (χ2n) is 11.6. The number of carbonyl (C=O) groups is 1. The quantitative estimate of drug-likeness (QED) is 0.244. The van der Waals surface area contributed by atoms with Crippen molar-refractivity contribution in [3.05, 3.63) is 89.2 Å². The van der Waals surface area contributed by atoms with Crippen LogP contribution in [0.2, 0.25) is 0 Å². The van der Waals surface area contributed by atoms with Crippen molar-refractivity contribution in [2.24, 2.45) is 0 Å². The fourth-order valence-electron chi connectivity index (χ4n) is 5.09. The molecule has 1 amide bonds. The van der Waals surface area contributed by atoms with E-state index in [0.29, 0.717) is 13.1 Å². The van der Waals surface area contributed by atoms with Gasteiger partial charge in [-0.2, -0.15) is 5.10 Å². The van der Waals surface area contributed by atoms with Crippen LogP contribution in [0.3, 0.4) is 0 Å². The van der Waals surface area contributed by atoms with Crippen LogP contribution in [-0.2, 0) is 24.3 Å². The number of amides is 1. The zero-order valence-electron chi connectivity index (χ0n) is 24.0. The summed E-state index contributed by atoms with van der Waals surface area (Å²) in [4.78, 5) is 28.4. The van der Waals surface area contributed by atoms with Gasteiger partial charge in [-0.05, 0) is 63.6 Å². The van der Waals surface area contributed by atoms with Crippen LogP contribution in [-0.4, -0.2) is 61.1 Å². The largest absolute Gasteiger partial charge is 0.340 e. The number of aromatic nitrogens is 4. The van der Waals surface area contributed by atoms with Gasteiger partial charge in [0.1, 0.15) is 17.0 Å². The Bertz CT molecular complexity index is 1730. The normalized spacial score (nSPS) is 13.9. The molecule has 5 aromatic rings. The van der Waals surface area contributed by atoms with Crippen LogP contribution in [0, 0.1) is 0 Å². The lowest BCUT2D eigenvalue weighted by Gasteiger charge is -2.31. The summed E-state index contributed by atoms with van der Waals surface area (Å²) in [5.74, 6) is 0.856. The van der Waals surface area contributed by atoms with E-state index < -0.39 is 0 Å². The van der Waals surface area contributed by atoms with Crippen LogP contribution in [0.1, 0.15) is 36.8 Å². The van der Waals surface area contributed by atoms with Crippen molar-refractivity contribution in [3.8, 4) is 0 Å².